The lowest BCUT2D eigenvalue weighted by Crippen LogP contribution is -2.46. The Kier molecular flexibility index (Phi) is 42.0. The lowest BCUT2D eigenvalue weighted by molar-refractivity contribution is -0.153. The number of carbonyl (C=O) groups excluding carboxylic acids is 4. The van der Waals surface area contributed by atoms with E-state index in [-0.39, 0.29) is 43.2 Å². The fraction of sp³-hybridized carbons (Fsp3) is 0.314. The molecule has 2 heterocycles. The summed E-state index contributed by atoms with van der Waals surface area (Å²) >= 11 is 0. The van der Waals surface area contributed by atoms with Gasteiger partial charge in [0.2, 0.25) is 5.91 Å². The van der Waals surface area contributed by atoms with Gasteiger partial charge in [-0.2, -0.15) is 0 Å². The van der Waals surface area contributed by atoms with Crippen LogP contribution in [0.15, 0.2) is 255 Å². The van der Waals surface area contributed by atoms with Crippen LogP contribution in [-0.4, -0.2) is 187 Å². The predicted molar refractivity (Wildman–Crippen MR) is 508 cm³/mol. The Morgan fingerprint density at radius 1 is 0.346 bits per heavy atom. The summed E-state index contributed by atoms with van der Waals surface area (Å²) in [5.74, 6) is 1.57. The highest BCUT2D eigenvalue weighted by Gasteiger charge is 2.41. The first-order valence-electron chi connectivity index (χ1n) is 43.9. The summed E-state index contributed by atoms with van der Waals surface area (Å²) in [6.45, 7) is 23.8. The molecule has 2 atom stereocenters. The highest BCUT2D eigenvalue weighted by atomic mass is 28.4. The van der Waals surface area contributed by atoms with Gasteiger partial charge in [0, 0.05) is 120 Å². The Hall–Kier alpha value is -12.6. The largest absolute Gasteiger partial charge is 0.507 e. The quantitative estimate of drug-likeness (QED) is 0.0138. The molecule has 0 aliphatic heterocycles. The smallest absolute Gasteiger partial charge is 0.500 e. The summed E-state index contributed by atoms with van der Waals surface area (Å²) in [6, 6.07) is 83.7. The molecule has 130 heavy (non-hydrogen) atoms. The highest BCUT2D eigenvalue weighted by Crippen LogP contribution is 2.38. The minimum atomic E-state index is -2.53. The van der Waals surface area contributed by atoms with Crippen LogP contribution in [0.1, 0.15) is 94.9 Å². The van der Waals surface area contributed by atoms with E-state index in [4.69, 9.17) is 84.9 Å². The topological polar surface area (TPSA) is 318 Å². The van der Waals surface area contributed by atoms with Gasteiger partial charge in [0.05, 0.1) is 31.5 Å². The Morgan fingerprint density at radius 3 is 0.923 bits per heavy atom. The molecule has 12 rings (SSSR count). The number of phenols is 2. The number of ether oxygens (including phenoxy) is 7. The Morgan fingerprint density at radius 2 is 0.638 bits per heavy atom. The van der Waals surface area contributed by atoms with Gasteiger partial charge >= 0.3 is 35.5 Å². The third-order valence-electron chi connectivity index (χ3n) is 19.8. The van der Waals surface area contributed by atoms with Crippen LogP contribution in [0, 0.1) is 0 Å². The molecule has 26 nitrogen and oxygen atoms in total. The zero-order valence-electron chi connectivity index (χ0n) is 76.1. The second-order valence-electron chi connectivity index (χ2n) is 29.1. The molecule has 0 bridgehead atoms. The number of nitrogens with one attached hydrogen (secondary N) is 1. The number of hydrogen-bond acceptors (Lipinski definition) is 25. The highest BCUT2D eigenvalue weighted by molar-refractivity contribution is 6.61. The monoisotopic (exact) mass is 1800 g/mol. The van der Waals surface area contributed by atoms with Gasteiger partial charge in [-0.05, 0) is 150 Å². The number of methoxy groups -OCH3 is 2. The van der Waals surface area contributed by atoms with Crippen LogP contribution < -0.4 is 14.8 Å². The second-order valence-corrected chi connectivity index (χ2v) is 34.6. The molecule has 0 radical (unpaired) electrons. The normalized spacial score (nSPS) is 11.5. The van der Waals surface area contributed by atoms with E-state index in [0.717, 1.165) is 98.1 Å². The van der Waals surface area contributed by atoms with Crippen molar-refractivity contribution in [3.05, 3.63) is 255 Å². The van der Waals surface area contributed by atoms with Gasteiger partial charge in [0.25, 0.3) is 0 Å². The van der Waals surface area contributed by atoms with E-state index >= 15 is 0 Å². The number of aromatic hydroxyl groups is 2. The van der Waals surface area contributed by atoms with Crippen LogP contribution in [0.4, 0.5) is 0 Å². The van der Waals surface area contributed by atoms with Gasteiger partial charge in [-0.1, -0.05) is 218 Å². The van der Waals surface area contributed by atoms with Crippen molar-refractivity contribution in [2.45, 2.75) is 119 Å². The molecule has 12 aromatic rings. The van der Waals surface area contributed by atoms with E-state index in [9.17, 15) is 29.4 Å². The van der Waals surface area contributed by atoms with Crippen molar-refractivity contribution in [3.8, 4) is 136 Å². The zero-order chi connectivity index (χ0) is 92.9. The molecule has 3 N–H and O–H groups in total. The molecule has 0 saturated carbocycles. The number of benzene rings is 10. The first kappa shape index (κ1) is 101. The Balaban J connectivity index is 0.000000216. The number of nitrogens with zero attached hydrogens (tertiary/aromatic N) is 6. The fourth-order valence-corrected chi connectivity index (χ4v) is 18.7. The van der Waals surface area contributed by atoms with Gasteiger partial charge in [-0.25, -0.2) is 39.5 Å². The van der Waals surface area contributed by atoms with Gasteiger partial charge in [-0.3, -0.25) is 9.59 Å². The lowest BCUT2D eigenvalue weighted by Gasteiger charge is -2.28. The Bertz CT molecular complexity index is 5170. The van der Waals surface area contributed by atoms with Crippen molar-refractivity contribution < 1.29 is 89.1 Å². The number of phenolic OH excluding ortho intramolecular Hbond substituents is 2. The maximum Gasteiger partial charge on any atom is 0.500 e. The fourth-order valence-electron chi connectivity index (χ4n) is 13.4. The molecule has 0 fully saturated rings. The second kappa shape index (κ2) is 54.0. The van der Waals surface area contributed by atoms with E-state index in [1.807, 2.05) is 218 Å². The molecule has 2 aromatic heterocycles. The SMILES string of the molecule is CCOCCOC(=O)C(C)Oc1ccc(-c2nc(-c3ccc(-c4ccccc4)cc3)nc(-c3ccc(-c4ccccc4)cc3)n2)c(O)c1.CCO[Si](CCCCC(=O)OC)(OCC)OCC.CCO[Si](CCCNC(C)=O)(OCC)OCC.COCCOC(=O)C(C)Oc1ccc(-c2nc(-c3ccc(-c4ccccc4)cc3)nc(-c3ccc(-c4ccccc4)cc3)n2)c(O)c1. The molecular weight excluding hydrogens is 1680 g/mol. The van der Waals surface area contributed by atoms with Crippen LogP contribution >= 0.6 is 0 Å². The Labute approximate surface area is 764 Å². The van der Waals surface area contributed by atoms with Crippen molar-refractivity contribution >= 4 is 41.4 Å². The summed E-state index contributed by atoms with van der Waals surface area (Å²) in [5, 5.41) is 25.0. The van der Waals surface area contributed by atoms with Crippen molar-refractivity contribution in [1.29, 1.82) is 0 Å². The zero-order valence-corrected chi connectivity index (χ0v) is 78.1. The summed E-state index contributed by atoms with van der Waals surface area (Å²) in [4.78, 5) is 75.2. The molecule has 28 heteroatoms. The molecule has 0 spiro atoms. The van der Waals surface area contributed by atoms with E-state index in [1.165, 1.54) is 33.3 Å². The van der Waals surface area contributed by atoms with Gasteiger partial charge in [0.15, 0.2) is 47.2 Å². The standard InChI is InChI=1S/C40H35N3O5.C39H33N3O5.C12H26O5Si.C11H25NO4Si/c1-3-46-24-25-47-40(45)27(2)48-34-22-23-35(36(44)26-34)39-42-37(32-18-14-30(15-19-32)28-10-6-4-7-11-28)41-38(43-39)33-20-16-31(17-21-33)29-12-8-5-9-13-29;1-26(39(44)46-24-23-45-2)47-33-21-22-34(35(43)25-33)38-41-36(31-17-13-29(14-18-31)27-9-5-3-6-10-27)40-37(42-38)32-19-15-30(16-20-32)28-11-7-4-8-12-28;1-5-15-18(16-6-2,17-7-3)11-9-8-10-12(13)14-4;1-5-14-17(15-6-2,16-7-3)10-8-9-12-11(4)13/h4-23,26-27,44H,3,24-25H2,1-2H3;3-22,25-26,43H,23-24H2,1-2H3;5-11H2,1-4H3;5-10H2,1-4H3,(H,12,13). The van der Waals surface area contributed by atoms with E-state index < -0.39 is 41.8 Å². The van der Waals surface area contributed by atoms with Gasteiger partial charge in [0.1, 0.15) is 36.2 Å². The van der Waals surface area contributed by atoms with E-state index in [0.29, 0.717) is 123 Å². The van der Waals surface area contributed by atoms with Crippen molar-refractivity contribution in [2.24, 2.45) is 0 Å². The summed E-state index contributed by atoms with van der Waals surface area (Å²) in [7, 11) is -2.12. The van der Waals surface area contributed by atoms with Crippen molar-refractivity contribution in [2.75, 3.05) is 93.4 Å². The number of aromatic nitrogens is 6. The van der Waals surface area contributed by atoms with Crippen LogP contribution in [0.3, 0.4) is 0 Å². The van der Waals surface area contributed by atoms with Gasteiger partial charge < -0.3 is 75.2 Å². The average Bonchev–Trinajstić information content (AvgIpc) is 0.790. The van der Waals surface area contributed by atoms with E-state index in [1.54, 1.807) is 38.1 Å². The first-order chi connectivity index (χ1) is 63.2. The third kappa shape index (κ3) is 31.7. The molecule has 10 aromatic carbocycles. The summed E-state index contributed by atoms with van der Waals surface area (Å²) in [6.07, 6.45) is 1.10. The third-order valence-corrected chi connectivity index (χ3v) is 26.1. The molecule has 0 aliphatic rings. The number of unbranched alkanes of at least 4 members (excludes halogenated alkanes) is 1. The minimum Gasteiger partial charge on any atom is -0.507 e. The number of hydrogen-bond donors (Lipinski definition) is 3. The minimum absolute atomic E-state index is 0.0125. The molecule has 1 amide bonds. The first-order valence-corrected chi connectivity index (χ1v) is 47.8. The summed E-state index contributed by atoms with van der Waals surface area (Å²) in [5.41, 5.74) is 12.7. The molecule has 684 valence electrons. The number of rotatable bonds is 44. The van der Waals surface area contributed by atoms with Crippen molar-refractivity contribution in [1.82, 2.24) is 35.2 Å². The van der Waals surface area contributed by atoms with Crippen LogP contribution in [0.5, 0.6) is 23.0 Å². The number of amides is 1. The molecule has 0 saturated heterocycles. The van der Waals surface area contributed by atoms with Gasteiger partial charge in [-0.15, -0.1) is 0 Å². The molecule has 0 aliphatic carbocycles. The number of esters is 3. The number of carbonyl (C=O) groups is 4. The maximum absolute atomic E-state index is 12.3. The maximum atomic E-state index is 12.3. The predicted octanol–water partition coefficient (Wildman–Crippen LogP) is 20.1. The molecular formula is C102H119N7O19Si2. The average molecular weight is 1800 g/mol. The van der Waals surface area contributed by atoms with E-state index in [2.05, 4.69) is 58.6 Å². The van der Waals surface area contributed by atoms with Crippen molar-refractivity contribution in [3.63, 3.8) is 0 Å². The summed E-state index contributed by atoms with van der Waals surface area (Å²) < 4.78 is 70.8. The lowest BCUT2D eigenvalue weighted by atomic mass is 10.0. The van der Waals surface area contributed by atoms with Crippen LogP contribution in [0.2, 0.25) is 12.1 Å². The molecule has 2 unspecified atom stereocenters. The van der Waals surface area contributed by atoms with Crippen LogP contribution in [-0.2, 0) is 69.4 Å². The van der Waals surface area contributed by atoms with Crippen LogP contribution in [0.25, 0.3) is 113 Å².